The fraction of sp³-hybridized carbons (Fsp3) is 0.231. The van der Waals surface area contributed by atoms with Gasteiger partial charge in [-0.25, -0.2) is 17.5 Å². The predicted molar refractivity (Wildman–Crippen MR) is 80.7 cm³/mol. The second kappa shape index (κ2) is 6.17. The van der Waals surface area contributed by atoms with Crippen molar-refractivity contribution in [3.05, 3.63) is 46.6 Å². The van der Waals surface area contributed by atoms with Gasteiger partial charge in [-0.15, -0.1) is 0 Å². The minimum Gasteiger partial charge on any atom is -0.469 e. The van der Waals surface area contributed by atoms with Gasteiger partial charge in [-0.1, -0.05) is 0 Å². The largest absolute Gasteiger partial charge is 0.469 e. The molecule has 114 valence electrons. The number of benzene rings is 1. The molecular weight excluding hydrogens is 363 g/mol. The van der Waals surface area contributed by atoms with Crippen molar-refractivity contribution in [3.8, 4) is 0 Å². The van der Waals surface area contributed by atoms with Crippen LogP contribution in [0.4, 0.5) is 10.1 Å². The van der Waals surface area contributed by atoms with Crippen molar-refractivity contribution < 1.29 is 17.2 Å². The van der Waals surface area contributed by atoms with Gasteiger partial charge in [0, 0.05) is 18.2 Å². The summed E-state index contributed by atoms with van der Waals surface area (Å²) in [5, 5.41) is 0. The predicted octanol–water partition coefficient (Wildman–Crippen LogP) is 2.67. The van der Waals surface area contributed by atoms with Crippen LogP contribution in [0.5, 0.6) is 0 Å². The maximum atomic E-state index is 14.0. The molecule has 0 radical (unpaired) electrons. The van der Waals surface area contributed by atoms with Crippen molar-refractivity contribution in [1.29, 1.82) is 0 Å². The Bertz CT molecular complexity index is 732. The minimum atomic E-state index is -4.02. The number of hydrogen-bond acceptors (Lipinski definition) is 4. The van der Waals surface area contributed by atoms with E-state index in [1.165, 1.54) is 12.3 Å². The molecule has 2 aromatic rings. The Morgan fingerprint density at radius 1 is 1.48 bits per heavy atom. The summed E-state index contributed by atoms with van der Waals surface area (Å²) >= 11 is 2.94. The van der Waals surface area contributed by atoms with Gasteiger partial charge in [0.1, 0.15) is 10.7 Å². The van der Waals surface area contributed by atoms with Crippen LogP contribution in [0.15, 0.2) is 44.3 Å². The van der Waals surface area contributed by atoms with Crippen LogP contribution in [-0.4, -0.2) is 14.5 Å². The lowest BCUT2D eigenvalue weighted by atomic mass is 10.2. The van der Waals surface area contributed by atoms with Crippen LogP contribution >= 0.6 is 15.9 Å². The zero-order valence-electron chi connectivity index (χ0n) is 11.1. The first-order chi connectivity index (χ1) is 9.79. The van der Waals surface area contributed by atoms with Gasteiger partial charge < -0.3 is 10.2 Å². The molecule has 0 amide bonds. The molecule has 1 atom stereocenters. The zero-order chi connectivity index (χ0) is 15.6. The maximum Gasteiger partial charge on any atom is 0.243 e. The van der Waals surface area contributed by atoms with Gasteiger partial charge in [0.15, 0.2) is 5.82 Å². The number of hydrogen-bond donors (Lipinski definition) is 2. The third-order valence-corrected chi connectivity index (χ3v) is 4.92. The van der Waals surface area contributed by atoms with Crippen molar-refractivity contribution in [3.63, 3.8) is 0 Å². The molecule has 1 aromatic heterocycles. The summed E-state index contributed by atoms with van der Waals surface area (Å²) in [6.07, 6.45) is 1.86. The minimum absolute atomic E-state index is 0.00145. The molecule has 0 aliphatic rings. The standard InChI is InChI=1S/C13H14BrFN2O3S/c1-8(5-10-3-2-4-20-10)17-21(18,19)12-7-9(16)6-11(14)13(12)15/h2-4,6-8,17H,5,16H2,1H3. The number of nitrogen functional groups attached to an aromatic ring is 1. The Labute approximate surface area is 130 Å². The molecule has 1 aromatic carbocycles. The monoisotopic (exact) mass is 376 g/mol. The molecule has 0 aliphatic carbocycles. The highest BCUT2D eigenvalue weighted by molar-refractivity contribution is 9.10. The average Bonchev–Trinajstić information content (AvgIpc) is 2.85. The molecular formula is C13H14BrFN2O3S. The Balaban J connectivity index is 2.22. The summed E-state index contributed by atoms with van der Waals surface area (Å²) < 4.78 is 46.0. The number of nitrogens with one attached hydrogen (secondary N) is 1. The van der Waals surface area contributed by atoms with E-state index in [0.717, 1.165) is 6.07 Å². The lowest BCUT2D eigenvalue weighted by Gasteiger charge is -2.14. The maximum absolute atomic E-state index is 14.0. The Kier molecular flexibility index (Phi) is 4.70. The second-order valence-corrected chi connectivity index (χ2v) is 7.16. The van der Waals surface area contributed by atoms with Crippen LogP contribution in [0.25, 0.3) is 0 Å². The summed E-state index contributed by atoms with van der Waals surface area (Å²) in [5.74, 6) is -0.235. The molecule has 0 saturated heterocycles. The Morgan fingerprint density at radius 3 is 2.81 bits per heavy atom. The first kappa shape index (κ1) is 16.0. The van der Waals surface area contributed by atoms with Crippen molar-refractivity contribution >= 4 is 31.6 Å². The van der Waals surface area contributed by atoms with Gasteiger partial charge in [0.2, 0.25) is 10.0 Å². The van der Waals surface area contributed by atoms with Crippen molar-refractivity contribution in [2.75, 3.05) is 5.73 Å². The van der Waals surface area contributed by atoms with Crippen LogP contribution in [0, 0.1) is 5.82 Å². The van der Waals surface area contributed by atoms with E-state index in [2.05, 4.69) is 20.7 Å². The van der Waals surface area contributed by atoms with Gasteiger partial charge in [-0.2, -0.15) is 0 Å². The highest BCUT2D eigenvalue weighted by Crippen LogP contribution is 2.26. The summed E-state index contributed by atoms with van der Waals surface area (Å²) in [6.45, 7) is 1.67. The highest BCUT2D eigenvalue weighted by Gasteiger charge is 2.24. The van der Waals surface area contributed by atoms with Gasteiger partial charge in [-0.3, -0.25) is 0 Å². The SMILES string of the molecule is CC(Cc1ccco1)NS(=O)(=O)c1cc(N)cc(Br)c1F. The van der Waals surface area contributed by atoms with E-state index < -0.39 is 26.8 Å². The fourth-order valence-electron chi connectivity index (χ4n) is 1.88. The molecule has 8 heteroatoms. The first-order valence-electron chi connectivity index (χ1n) is 6.09. The normalized spacial score (nSPS) is 13.3. The molecule has 0 spiro atoms. The Hall–Kier alpha value is -1.38. The van der Waals surface area contributed by atoms with E-state index in [1.54, 1.807) is 19.1 Å². The number of sulfonamides is 1. The molecule has 1 unspecified atom stereocenters. The summed E-state index contributed by atoms with van der Waals surface area (Å²) in [7, 11) is -4.02. The quantitative estimate of drug-likeness (QED) is 0.785. The van der Waals surface area contributed by atoms with E-state index in [4.69, 9.17) is 10.2 Å². The van der Waals surface area contributed by atoms with E-state index in [9.17, 15) is 12.8 Å². The smallest absolute Gasteiger partial charge is 0.243 e. The average molecular weight is 377 g/mol. The summed E-state index contributed by atoms with van der Waals surface area (Å²) in [6, 6.07) is 5.39. The van der Waals surface area contributed by atoms with Gasteiger partial charge in [0.05, 0.1) is 10.7 Å². The lowest BCUT2D eigenvalue weighted by molar-refractivity contribution is 0.477. The van der Waals surface area contributed by atoms with Crippen molar-refractivity contribution in [2.24, 2.45) is 0 Å². The zero-order valence-corrected chi connectivity index (χ0v) is 13.5. The number of anilines is 1. The van der Waals surface area contributed by atoms with E-state index in [0.29, 0.717) is 12.2 Å². The van der Waals surface area contributed by atoms with E-state index in [1.807, 2.05) is 0 Å². The molecule has 21 heavy (non-hydrogen) atoms. The van der Waals surface area contributed by atoms with E-state index in [-0.39, 0.29) is 10.2 Å². The highest BCUT2D eigenvalue weighted by atomic mass is 79.9. The number of rotatable bonds is 5. The van der Waals surface area contributed by atoms with Crippen LogP contribution in [0.1, 0.15) is 12.7 Å². The summed E-state index contributed by atoms with van der Waals surface area (Å²) in [5.41, 5.74) is 5.72. The van der Waals surface area contributed by atoms with Crippen LogP contribution in [0.2, 0.25) is 0 Å². The summed E-state index contributed by atoms with van der Waals surface area (Å²) in [4.78, 5) is -0.485. The van der Waals surface area contributed by atoms with Crippen molar-refractivity contribution in [2.45, 2.75) is 24.3 Å². The molecule has 2 rings (SSSR count). The number of halogens is 2. The molecule has 3 N–H and O–H groups in total. The van der Waals surface area contributed by atoms with Gasteiger partial charge >= 0.3 is 0 Å². The van der Waals surface area contributed by atoms with Crippen LogP contribution in [-0.2, 0) is 16.4 Å². The number of furan rings is 1. The Morgan fingerprint density at radius 2 is 2.19 bits per heavy atom. The fourth-order valence-corrected chi connectivity index (χ4v) is 3.87. The lowest BCUT2D eigenvalue weighted by Crippen LogP contribution is -2.34. The molecule has 0 bridgehead atoms. The molecule has 0 fully saturated rings. The molecule has 5 nitrogen and oxygen atoms in total. The van der Waals surface area contributed by atoms with E-state index >= 15 is 0 Å². The molecule has 0 saturated carbocycles. The molecule has 1 heterocycles. The van der Waals surface area contributed by atoms with Crippen LogP contribution in [0.3, 0.4) is 0 Å². The van der Waals surface area contributed by atoms with Gasteiger partial charge in [-0.05, 0) is 47.1 Å². The first-order valence-corrected chi connectivity index (χ1v) is 8.36. The topological polar surface area (TPSA) is 85.3 Å². The van der Waals surface area contributed by atoms with Crippen LogP contribution < -0.4 is 10.5 Å². The number of nitrogens with two attached hydrogens (primary N) is 1. The third kappa shape index (κ3) is 3.84. The van der Waals surface area contributed by atoms with Crippen molar-refractivity contribution in [1.82, 2.24) is 4.72 Å². The van der Waals surface area contributed by atoms with Gasteiger partial charge in [0.25, 0.3) is 0 Å². The second-order valence-electron chi connectivity index (χ2n) is 4.62. The molecule has 0 aliphatic heterocycles. The third-order valence-electron chi connectivity index (χ3n) is 2.75.